The number of ether oxygens (including phenoxy) is 3. The van der Waals surface area contributed by atoms with Crippen molar-refractivity contribution < 1.29 is 19.0 Å². The van der Waals surface area contributed by atoms with E-state index < -0.39 is 0 Å². The standard InChI is InChI=1S/C23H25N3O4S/c1-28-17-6-7-18-21(15-17)31-23(24-18)26-12-10-25(11-13-26)22(27)9-5-16-4-8-19(29-2)20(14-16)30-3/h4-9,14-15H,10-13H2,1-3H3/b9-5-. The number of rotatable bonds is 6. The zero-order valence-electron chi connectivity index (χ0n) is 17.8. The van der Waals surface area contributed by atoms with Crippen LogP contribution in [0, 0.1) is 0 Å². The average molecular weight is 440 g/mol. The quantitative estimate of drug-likeness (QED) is 0.546. The Hall–Kier alpha value is -3.26. The molecule has 1 amide bonds. The maximum absolute atomic E-state index is 12.6. The van der Waals surface area contributed by atoms with E-state index >= 15 is 0 Å². The molecule has 1 fully saturated rings. The lowest BCUT2D eigenvalue weighted by Crippen LogP contribution is -2.48. The molecule has 162 valence electrons. The predicted octanol–water partition coefficient (Wildman–Crippen LogP) is 3.68. The molecule has 0 unspecified atom stereocenters. The van der Waals surface area contributed by atoms with E-state index in [0.29, 0.717) is 24.6 Å². The van der Waals surface area contributed by atoms with E-state index in [2.05, 4.69) is 4.90 Å². The van der Waals surface area contributed by atoms with Crippen LogP contribution in [0.1, 0.15) is 5.56 Å². The van der Waals surface area contributed by atoms with Crippen LogP contribution in [0.5, 0.6) is 17.2 Å². The zero-order chi connectivity index (χ0) is 21.8. The topological polar surface area (TPSA) is 64.1 Å². The number of hydrogen-bond donors (Lipinski definition) is 0. The Morgan fingerprint density at radius 3 is 2.45 bits per heavy atom. The van der Waals surface area contributed by atoms with Crippen molar-refractivity contribution >= 4 is 38.7 Å². The SMILES string of the molecule is COc1ccc2nc(N3CCN(C(=O)/C=C\c4ccc(OC)c(OC)c4)CC3)sc2c1. The third-order valence-corrected chi connectivity index (χ3v) is 6.35. The fourth-order valence-corrected chi connectivity index (χ4v) is 4.55. The molecule has 1 aliphatic rings. The maximum Gasteiger partial charge on any atom is 0.246 e. The molecule has 0 atom stereocenters. The number of carbonyl (C=O) groups excluding carboxylic acids is 1. The number of thiazole rings is 1. The molecule has 3 aromatic rings. The number of benzene rings is 2. The van der Waals surface area contributed by atoms with Crippen LogP contribution < -0.4 is 19.1 Å². The summed E-state index contributed by atoms with van der Waals surface area (Å²) in [5, 5.41) is 0.983. The Bertz CT molecular complexity index is 1100. The van der Waals surface area contributed by atoms with Crippen molar-refractivity contribution in [3.8, 4) is 17.2 Å². The van der Waals surface area contributed by atoms with E-state index in [0.717, 1.165) is 39.8 Å². The number of aromatic nitrogens is 1. The molecule has 2 aromatic carbocycles. The van der Waals surface area contributed by atoms with E-state index in [1.165, 1.54) is 0 Å². The summed E-state index contributed by atoms with van der Waals surface area (Å²) in [5.41, 5.74) is 1.85. The molecule has 0 saturated carbocycles. The maximum atomic E-state index is 12.6. The molecule has 8 heteroatoms. The molecule has 0 aliphatic carbocycles. The molecule has 0 N–H and O–H groups in total. The second-order valence-corrected chi connectivity index (χ2v) is 8.10. The van der Waals surface area contributed by atoms with Gasteiger partial charge >= 0.3 is 0 Å². The Kier molecular flexibility index (Phi) is 6.27. The first-order valence-corrected chi connectivity index (χ1v) is 10.8. The molecule has 1 saturated heterocycles. The molecule has 1 aromatic heterocycles. The highest BCUT2D eigenvalue weighted by atomic mass is 32.1. The van der Waals surface area contributed by atoms with Gasteiger partial charge in [-0.2, -0.15) is 0 Å². The van der Waals surface area contributed by atoms with Crippen molar-refractivity contribution in [1.82, 2.24) is 9.88 Å². The van der Waals surface area contributed by atoms with Crippen LogP contribution in [0.2, 0.25) is 0 Å². The van der Waals surface area contributed by atoms with Gasteiger partial charge in [-0.25, -0.2) is 4.98 Å². The minimum atomic E-state index is 0.00321. The predicted molar refractivity (Wildman–Crippen MR) is 124 cm³/mol. The highest BCUT2D eigenvalue weighted by molar-refractivity contribution is 7.22. The Labute approximate surface area is 185 Å². The van der Waals surface area contributed by atoms with Crippen molar-refractivity contribution in [2.75, 3.05) is 52.4 Å². The van der Waals surface area contributed by atoms with Gasteiger partial charge in [-0.05, 0) is 42.0 Å². The van der Waals surface area contributed by atoms with E-state index in [-0.39, 0.29) is 5.91 Å². The summed E-state index contributed by atoms with van der Waals surface area (Å²) in [7, 11) is 4.86. The minimum absolute atomic E-state index is 0.00321. The second kappa shape index (κ2) is 9.26. The van der Waals surface area contributed by atoms with Gasteiger partial charge in [0.2, 0.25) is 5.91 Å². The largest absolute Gasteiger partial charge is 0.497 e. The summed E-state index contributed by atoms with van der Waals surface area (Å²) < 4.78 is 17.0. The van der Waals surface area contributed by atoms with Gasteiger partial charge in [-0.15, -0.1) is 0 Å². The zero-order valence-corrected chi connectivity index (χ0v) is 18.6. The Morgan fingerprint density at radius 1 is 0.968 bits per heavy atom. The summed E-state index contributed by atoms with van der Waals surface area (Å²) in [6.07, 6.45) is 3.42. The normalized spacial score (nSPS) is 14.3. The fourth-order valence-electron chi connectivity index (χ4n) is 3.50. The van der Waals surface area contributed by atoms with E-state index in [4.69, 9.17) is 19.2 Å². The summed E-state index contributed by atoms with van der Waals surface area (Å²) in [4.78, 5) is 21.5. The van der Waals surface area contributed by atoms with Gasteiger partial charge in [0.05, 0.1) is 31.5 Å². The minimum Gasteiger partial charge on any atom is -0.497 e. The van der Waals surface area contributed by atoms with E-state index in [1.807, 2.05) is 41.3 Å². The first kappa shape index (κ1) is 21.0. The van der Waals surface area contributed by atoms with Crippen LogP contribution in [0.15, 0.2) is 42.5 Å². The van der Waals surface area contributed by atoms with Gasteiger partial charge < -0.3 is 24.0 Å². The molecular weight excluding hydrogens is 414 g/mol. The third-order valence-electron chi connectivity index (χ3n) is 5.27. The third kappa shape index (κ3) is 4.59. The van der Waals surface area contributed by atoms with Crippen LogP contribution in [0.4, 0.5) is 5.13 Å². The number of anilines is 1. The van der Waals surface area contributed by atoms with Crippen LogP contribution in [-0.4, -0.2) is 63.3 Å². The van der Waals surface area contributed by atoms with Crippen molar-refractivity contribution in [3.05, 3.63) is 48.0 Å². The first-order chi connectivity index (χ1) is 15.1. The van der Waals surface area contributed by atoms with Crippen LogP contribution >= 0.6 is 11.3 Å². The summed E-state index contributed by atoms with van der Waals surface area (Å²) in [6.45, 7) is 2.84. The number of methoxy groups -OCH3 is 3. The molecule has 31 heavy (non-hydrogen) atoms. The molecule has 7 nitrogen and oxygen atoms in total. The van der Waals surface area contributed by atoms with Gasteiger partial charge in [-0.3, -0.25) is 4.79 Å². The van der Waals surface area contributed by atoms with E-state index in [9.17, 15) is 4.79 Å². The smallest absolute Gasteiger partial charge is 0.246 e. The van der Waals surface area contributed by atoms with Gasteiger partial charge in [0.15, 0.2) is 16.6 Å². The number of piperazine rings is 1. The number of carbonyl (C=O) groups is 1. The van der Waals surface area contributed by atoms with Crippen molar-refractivity contribution in [3.63, 3.8) is 0 Å². The van der Waals surface area contributed by atoms with Gasteiger partial charge in [0, 0.05) is 32.3 Å². The monoisotopic (exact) mass is 439 g/mol. The lowest BCUT2D eigenvalue weighted by atomic mass is 10.2. The number of nitrogens with zero attached hydrogens (tertiary/aromatic N) is 3. The molecular formula is C23H25N3O4S. The molecule has 0 radical (unpaired) electrons. The molecule has 0 spiro atoms. The van der Waals surface area contributed by atoms with E-state index in [1.54, 1.807) is 44.8 Å². The Balaban J connectivity index is 1.37. The van der Waals surface area contributed by atoms with Gasteiger partial charge in [0.1, 0.15) is 5.75 Å². The van der Waals surface area contributed by atoms with Crippen LogP contribution in [-0.2, 0) is 4.79 Å². The first-order valence-electron chi connectivity index (χ1n) is 10.00. The highest BCUT2D eigenvalue weighted by Gasteiger charge is 2.22. The molecule has 1 aliphatic heterocycles. The lowest BCUT2D eigenvalue weighted by Gasteiger charge is -2.34. The summed E-state index contributed by atoms with van der Waals surface area (Å²) >= 11 is 1.65. The highest BCUT2D eigenvalue weighted by Crippen LogP contribution is 2.32. The van der Waals surface area contributed by atoms with Crippen molar-refractivity contribution in [2.24, 2.45) is 0 Å². The number of hydrogen-bond acceptors (Lipinski definition) is 7. The van der Waals surface area contributed by atoms with Gasteiger partial charge in [-0.1, -0.05) is 17.4 Å². The number of fused-ring (bicyclic) bond motifs is 1. The molecule has 2 heterocycles. The van der Waals surface area contributed by atoms with Gasteiger partial charge in [0.25, 0.3) is 0 Å². The number of amides is 1. The van der Waals surface area contributed by atoms with Crippen LogP contribution in [0.3, 0.4) is 0 Å². The second-order valence-electron chi connectivity index (χ2n) is 7.09. The molecule has 0 bridgehead atoms. The van der Waals surface area contributed by atoms with Crippen LogP contribution in [0.25, 0.3) is 16.3 Å². The van der Waals surface area contributed by atoms with Crippen molar-refractivity contribution in [1.29, 1.82) is 0 Å². The molecule has 4 rings (SSSR count). The van der Waals surface area contributed by atoms with Crippen molar-refractivity contribution in [2.45, 2.75) is 0 Å². The summed E-state index contributed by atoms with van der Waals surface area (Å²) in [6, 6.07) is 11.5. The summed E-state index contributed by atoms with van der Waals surface area (Å²) in [5.74, 6) is 2.14. The lowest BCUT2D eigenvalue weighted by molar-refractivity contribution is -0.126. The average Bonchev–Trinajstić information content (AvgIpc) is 3.25. The Morgan fingerprint density at radius 2 is 1.74 bits per heavy atom. The fraction of sp³-hybridized carbons (Fsp3) is 0.304.